The highest BCUT2D eigenvalue weighted by Crippen LogP contribution is 2.24. The number of aromatic nitrogens is 2. The molecule has 3 nitrogen and oxygen atoms in total. The van der Waals surface area contributed by atoms with Crippen molar-refractivity contribution in [1.29, 1.82) is 0 Å². The van der Waals surface area contributed by atoms with Crippen LogP contribution in [-0.4, -0.2) is 34.3 Å². The zero-order valence-corrected chi connectivity index (χ0v) is 14.0. The Morgan fingerprint density at radius 2 is 1.90 bits per heavy atom. The van der Waals surface area contributed by atoms with Crippen LogP contribution in [0.15, 0.2) is 30.5 Å². The van der Waals surface area contributed by atoms with Gasteiger partial charge in [-0.3, -0.25) is 0 Å². The zero-order chi connectivity index (χ0) is 15.2. The summed E-state index contributed by atoms with van der Waals surface area (Å²) in [5, 5.41) is 5.84. The van der Waals surface area contributed by atoms with E-state index in [1.54, 1.807) is 6.07 Å². The number of aryl methyl sites for hydroxylation is 1. The molecule has 0 saturated carbocycles. The second kappa shape index (κ2) is 7.83. The molecule has 0 aliphatic carbocycles. The quantitative estimate of drug-likeness (QED) is 0.749. The number of benzene rings is 1. The second-order valence-electron chi connectivity index (χ2n) is 4.98. The lowest BCUT2D eigenvalue weighted by Gasteiger charge is -2.17. The summed E-state index contributed by atoms with van der Waals surface area (Å²) < 4.78 is 1.81. The topological polar surface area (TPSA) is 21.1 Å². The van der Waals surface area contributed by atoms with Crippen molar-refractivity contribution < 1.29 is 0 Å². The minimum Gasteiger partial charge on any atom is -0.304 e. The Hall–Kier alpha value is -1.03. The van der Waals surface area contributed by atoms with Crippen LogP contribution in [0.5, 0.6) is 0 Å². The maximum Gasteiger partial charge on any atom is 0.0832 e. The summed E-state index contributed by atoms with van der Waals surface area (Å²) in [7, 11) is 0. The normalized spacial score (nSPS) is 11.3. The van der Waals surface area contributed by atoms with Gasteiger partial charge < -0.3 is 4.90 Å². The molecule has 2 rings (SSSR count). The van der Waals surface area contributed by atoms with Crippen molar-refractivity contribution >= 4 is 23.2 Å². The second-order valence-corrected chi connectivity index (χ2v) is 5.82. The van der Waals surface area contributed by atoms with Crippen LogP contribution < -0.4 is 0 Å². The Kier molecular flexibility index (Phi) is 6.09. The van der Waals surface area contributed by atoms with Gasteiger partial charge >= 0.3 is 0 Å². The molecule has 114 valence electrons. The zero-order valence-electron chi connectivity index (χ0n) is 12.5. The first kappa shape index (κ1) is 16.3. The first-order chi connectivity index (χ1) is 10.1. The summed E-state index contributed by atoms with van der Waals surface area (Å²) in [4.78, 5) is 2.42. The largest absolute Gasteiger partial charge is 0.304 e. The highest BCUT2D eigenvalue weighted by atomic mass is 35.5. The lowest BCUT2D eigenvalue weighted by Crippen LogP contribution is -2.24. The minimum absolute atomic E-state index is 0.611. The molecule has 1 heterocycles. The average Bonchev–Trinajstić information content (AvgIpc) is 2.92. The Morgan fingerprint density at radius 1 is 1.14 bits per heavy atom. The summed E-state index contributed by atoms with van der Waals surface area (Å²) >= 11 is 12.1. The molecule has 0 saturated heterocycles. The number of hydrogen-bond donors (Lipinski definition) is 0. The molecule has 0 fully saturated rings. The molecule has 0 amide bonds. The standard InChI is InChI=1S/C16H21Cl2N3/c1-3-20(4-2)10-5-6-14-9-11-21(19-14)16-8-7-13(17)12-15(16)18/h7-9,11-12H,3-6,10H2,1-2H3. The van der Waals surface area contributed by atoms with E-state index in [1.807, 2.05) is 29.1 Å². The molecule has 5 heteroatoms. The Balaban J connectivity index is 1.98. The van der Waals surface area contributed by atoms with Crippen LogP contribution in [0.3, 0.4) is 0 Å². The van der Waals surface area contributed by atoms with Crippen LogP contribution in [0.4, 0.5) is 0 Å². The fraction of sp³-hybridized carbons (Fsp3) is 0.438. The number of nitrogens with zero attached hydrogens (tertiary/aromatic N) is 3. The first-order valence-electron chi connectivity index (χ1n) is 7.36. The van der Waals surface area contributed by atoms with Gasteiger partial charge in [-0.05, 0) is 56.7 Å². The third-order valence-corrected chi connectivity index (χ3v) is 4.14. The summed E-state index contributed by atoms with van der Waals surface area (Å²) in [6.45, 7) is 7.71. The molecule has 0 bridgehead atoms. The smallest absolute Gasteiger partial charge is 0.0832 e. The predicted octanol–water partition coefficient (Wildman–Crippen LogP) is 4.45. The lowest BCUT2D eigenvalue weighted by molar-refractivity contribution is 0.299. The fourth-order valence-electron chi connectivity index (χ4n) is 2.32. The van der Waals surface area contributed by atoms with Crippen molar-refractivity contribution in [3.05, 3.63) is 46.2 Å². The van der Waals surface area contributed by atoms with E-state index in [0.29, 0.717) is 10.0 Å². The van der Waals surface area contributed by atoms with Crippen LogP contribution in [0.25, 0.3) is 5.69 Å². The molecule has 21 heavy (non-hydrogen) atoms. The van der Waals surface area contributed by atoms with Crippen molar-refractivity contribution in [2.24, 2.45) is 0 Å². The van der Waals surface area contributed by atoms with Crippen LogP contribution in [0.2, 0.25) is 10.0 Å². The van der Waals surface area contributed by atoms with Gasteiger partial charge in [0.25, 0.3) is 0 Å². The first-order valence-corrected chi connectivity index (χ1v) is 8.12. The molecule has 0 unspecified atom stereocenters. The van der Waals surface area contributed by atoms with Crippen LogP contribution >= 0.6 is 23.2 Å². The van der Waals surface area contributed by atoms with E-state index in [-0.39, 0.29) is 0 Å². The van der Waals surface area contributed by atoms with E-state index >= 15 is 0 Å². The van der Waals surface area contributed by atoms with Crippen LogP contribution in [0.1, 0.15) is 26.0 Å². The molecule has 2 aromatic rings. The van der Waals surface area contributed by atoms with E-state index in [4.69, 9.17) is 23.2 Å². The van der Waals surface area contributed by atoms with Crippen LogP contribution in [0, 0.1) is 0 Å². The van der Waals surface area contributed by atoms with Crippen molar-refractivity contribution in [1.82, 2.24) is 14.7 Å². The molecule has 0 N–H and O–H groups in total. The molecule has 0 atom stereocenters. The molecule has 0 aliphatic rings. The maximum atomic E-state index is 6.20. The molecule has 0 spiro atoms. The number of hydrogen-bond acceptors (Lipinski definition) is 2. The van der Waals surface area contributed by atoms with E-state index in [9.17, 15) is 0 Å². The van der Waals surface area contributed by atoms with E-state index in [0.717, 1.165) is 43.9 Å². The van der Waals surface area contributed by atoms with Gasteiger partial charge in [0, 0.05) is 11.2 Å². The maximum absolute atomic E-state index is 6.20. The third kappa shape index (κ3) is 4.47. The summed E-state index contributed by atoms with van der Waals surface area (Å²) in [6, 6.07) is 7.50. The Labute approximate surface area is 136 Å². The molecular formula is C16H21Cl2N3. The highest BCUT2D eigenvalue weighted by Gasteiger charge is 2.06. The third-order valence-electron chi connectivity index (χ3n) is 3.60. The van der Waals surface area contributed by atoms with Gasteiger partial charge in [-0.15, -0.1) is 0 Å². The minimum atomic E-state index is 0.611. The van der Waals surface area contributed by atoms with Crippen molar-refractivity contribution in [3.8, 4) is 5.69 Å². The van der Waals surface area contributed by atoms with E-state index < -0.39 is 0 Å². The fourth-order valence-corrected chi connectivity index (χ4v) is 2.81. The molecule has 0 radical (unpaired) electrons. The van der Waals surface area contributed by atoms with Gasteiger partial charge in [-0.2, -0.15) is 5.10 Å². The molecular weight excluding hydrogens is 305 g/mol. The SMILES string of the molecule is CCN(CC)CCCc1ccn(-c2ccc(Cl)cc2Cl)n1. The number of rotatable bonds is 7. The predicted molar refractivity (Wildman–Crippen MR) is 89.7 cm³/mol. The van der Waals surface area contributed by atoms with Gasteiger partial charge in [0.05, 0.1) is 16.4 Å². The lowest BCUT2D eigenvalue weighted by atomic mass is 10.2. The summed E-state index contributed by atoms with van der Waals surface area (Å²) in [5.41, 5.74) is 1.95. The van der Waals surface area contributed by atoms with Gasteiger partial charge in [0.1, 0.15) is 0 Å². The highest BCUT2D eigenvalue weighted by molar-refractivity contribution is 6.35. The van der Waals surface area contributed by atoms with Crippen molar-refractivity contribution in [2.75, 3.05) is 19.6 Å². The molecule has 1 aromatic carbocycles. The monoisotopic (exact) mass is 325 g/mol. The summed E-state index contributed by atoms with van der Waals surface area (Å²) in [5.74, 6) is 0. The van der Waals surface area contributed by atoms with Crippen molar-refractivity contribution in [3.63, 3.8) is 0 Å². The van der Waals surface area contributed by atoms with Gasteiger partial charge in [0.2, 0.25) is 0 Å². The van der Waals surface area contributed by atoms with Gasteiger partial charge in [0.15, 0.2) is 0 Å². The van der Waals surface area contributed by atoms with Gasteiger partial charge in [-0.1, -0.05) is 37.0 Å². The average molecular weight is 326 g/mol. The Bertz CT molecular complexity index is 577. The van der Waals surface area contributed by atoms with E-state index in [2.05, 4.69) is 23.8 Å². The molecule has 0 aliphatic heterocycles. The number of halogens is 2. The van der Waals surface area contributed by atoms with Crippen LogP contribution in [-0.2, 0) is 6.42 Å². The Morgan fingerprint density at radius 3 is 2.57 bits per heavy atom. The van der Waals surface area contributed by atoms with E-state index in [1.165, 1.54) is 0 Å². The van der Waals surface area contributed by atoms with Crippen molar-refractivity contribution in [2.45, 2.75) is 26.7 Å². The van der Waals surface area contributed by atoms with Gasteiger partial charge in [-0.25, -0.2) is 4.68 Å². The summed E-state index contributed by atoms with van der Waals surface area (Å²) in [6.07, 6.45) is 4.05. The molecule has 1 aromatic heterocycles.